The number of fused-ring (bicyclic) bond motifs is 1. The molecule has 3 aliphatic heterocycles. The van der Waals surface area contributed by atoms with E-state index in [4.69, 9.17) is 9.57 Å². The number of ketones is 1. The van der Waals surface area contributed by atoms with Crippen molar-refractivity contribution in [3.05, 3.63) is 38.4 Å². The van der Waals surface area contributed by atoms with Crippen molar-refractivity contribution in [1.29, 1.82) is 0 Å². The van der Waals surface area contributed by atoms with Gasteiger partial charge in [0.15, 0.2) is 5.78 Å². The van der Waals surface area contributed by atoms with E-state index in [0.29, 0.717) is 16.8 Å². The van der Waals surface area contributed by atoms with Crippen LogP contribution in [0.25, 0.3) is 0 Å². The monoisotopic (exact) mass is 351 g/mol. The summed E-state index contributed by atoms with van der Waals surface area (Å²) < 4.78 is 5.27. The second-order valence-electron chi connectivity index (χ2n) is 5.83. The SMILES string of the molecule is CN1OC(=O)C2C(c3csc([N+](=O)[O-])c3)C3=C(COCC3=O)NC21. The van der Waals surface area contributed by atoms with Crippen molar-refractivity contribution in [1.82, 2.24) is 10.4 Å². The van der Waals surface area contributed by atoms with Crippen LogP contribution in [0.2, 0.25) is 0 Å². The minimum Gasteiger partial charge on any atom is -0.367 e. The molecule has 3 aliphatic rings. The van der Waals surface area contributed by atoms with E-state index in [9.17, 15) is 19.7 Å². The zero-order valence-electron chi connectivity index (χ0n) is 12.6. The van der Waals surface area contributed by atoms with E-state index in [2.05, 4.69) is 5.32 Å². The number of nitrogens with one attached hydrogen (secondary N) is 1. The molecular formula is C14H13N3O6S. The molecular weight excluding hydrogens is 338 g/mol. The molecule has 24 heavy (non-hydrogen) atoms. The lowest BCUT2D eigenvalue weighted by Gasteiger charge is -2.38. The number of Topliss-reactive ketones (excluding diaryl/α,β-unsaturated/α-hetero) is 1. The third kappa shape index (κ3) is 2.14. The van der Waals surface area contributed by atoms with Crippen molar-refractivity contribution >= 4 is 28.1 Å². The van der Waals surface area contributed by atoms with Crippen LogP contribution in [0.15, 0.2) is 22.7 Å². The summed E-state index contributed by atoms with van der Waals surface area (Å²) in [7, 11) is 1.62. The maximum Gasteiger partial charge on any atom is 0.332 e. The molecule has 1 saturated heterocycles. The molecule has 1 aromatic heterocycles. The Labute approximate surface area is 139 Å². The van der Waals surface area contributed by atoms with E-state index in [1.54, 1.807) is 12.4 Å². The third-order valence-electron chi connectivity index (χ3n) is 4.48. The summed E-state index contributed by atoms with van der Waals surface area (Å²) in [4.78, 5) is 40.4. The first-order valence-corrected chi connectivity index (χ1v) is 8.13. The van der Waals surface area contributed by atoms with E-state index < -0.39 is 28.9 Å². The van der Waals surface area contributed by atoms with Gasteiger partial charge in [0, 0.05) is 35.7 Å². The predicted octanol–water partition coefficient (Wildman–Crippen LogP) is 0.542. The Hall–Kier alpha value is -2.30. The van der Waals surface area contributed by atoms with Gasteiger partial charge in [0.05, 0.1) is 11.5 Å². The van der Waals surface area contributed by atoms with Crippen molar-refractivity contribution in [3.8, 4) is 0 Å². The first-order chi connectivity index (χ1) is 11.5. The fourth-order valence-electron chi connectivity index (χ4n) is 3.49. The first-order valence-electron chi connectivity index (χ1n) is 7.25. The second-order valence-corrected chi connectivity index (χ2v) is 6.72. The molecule has 1 aromatic rings. The second kappa shape index (κ2) is 5.36. The normalized spacial score (nSPS) is 29.8. The summed E-state index contributed by atoms with van der Waals surface area (Å²) in [5.41, 5.74) is 1.65. The lowest BCUT2D eigenvalue weighted by atomic mass is 9.75. The van der Waals surface area contributed by atoms with Gasteiger partial charge in [-0.15, -0.1) is 5.06 Å². The molecule has 0 amide bonds. The van der Waals surface area contributed by atoms with E-state index in [0.717, 1.165) is 11.3 Å². The van der Waals surface area contributed by atoms with Crippen LogP contribution in [0.5, 0.6) is 0 Å². The topological polar surface area (TPSA) is 111 Å². The standard InChI is InChI=1S/C14H13N3O6S/c1-16-13-12(14(19)23-16)10(6-2-9(17(20)21)24-5-6)11-7(15-13)3-22-4-8(11)18/h2,5,10,12-13,15H,3-4H2,1H3. The van der Waals surface area contributed by atoms with Crippen LogP contribution in [0.4, 0.5) is 5.00 Å². The predicted molar refractivity (Wildman–Crippen MR) is 80.8 cm³/mol. The number of thiophene rings is 1. The number of carbonyl (C=O) groups excluding carboxylic acids is 2. The van der Waals surface area contributed by atoms with Crippen LogP contribution in [0.1, 0.15) is 11.5 Å². The fourth-order valence-corrected chi connectivity index (χ4v) is 4.26. The zero-order chi connectivity index (χ0) is 17.0. The molecule has 0 spiro atoms. The van der Waals surface area contributed by atoms with Gasteiger partial charge >= 0.3 is 11.0 Å². The van der Waals surface area contributed by atoms with E-state index in [1.807, 2.05) is 0 Å². The minimum absolute atomic E-state index is 0.0264. The summed E-state index contributed by atoms with van der Waals surface area (Å²) in [6.07, 6.45) is -0.449. The highest BCUT2D eigenvalue weighted by molar-refractivity contribution is 7.13. The van der Waals surface area contributed by atoms with Crippen LogP contribution in [-0.2, 0) is 19.2 Å². The summed E-state index contributed by atoms with van der Waals surface area (Å²) in [6.45, 7) is 0.167. The Bertz CT molecular complexity index is 787. The molecule has 3 atom stereocenters. The maximum absolute atomic E-state index is 12.4. The Kier molecular flexibility index (Phi) is 3.41. The van der Waals surface area contributed by atoms with Gasteiger partial charge in [-0.25, -0.2) is 4.79 Å². The number of nitro groups is 1. The summed E-state index contributed by atoms with van der Waals surface area (Å²) in [6, 6.07) is 1.43. The largest absolute Gasteiger partial charge is 0.367 e. The van der Waals surface area contributed by atoms with Crippen molar-refractivity contribution < 1.29 is 24.1 Å². The van der Waals surface area contributed by atoms with E-state index in [-0.39, 0.29) is 24.0 Å². The van der Waals surface area contributed by atoms with Crippen molar-refractivity contribution in [2.75, 3.05) is 20.3 Å². The first kappa shape index (κ1) is 15.2. The van der Waals surface area contributed by atoms with Crippen LogP contribution in [0, 0.1) is 16.0 Å². The van der Waals surface area contributed by atoms with Gasteiger partial charge in [0.25, 0.3) is 0 Å². The fraction of sp³-hybridized carbons (Fsp3) is 0.429. The average molecular weight is 351 g/mol. The van der Waals surface area contributed by atoms with Gasteiger partial charge in [-0.1, -0.05) is 11.3 Å². The van der Waals surface area contributed by atoms with Gasteiger partial charge in [0.2, 0.25) is 0 Å². The van der Waals surface area contributed by atoms with Crippen LogP contribution in [-0.4, -0.2) is 48.2 Å². The Morgan fingerprint density at radius 1 is 1.42 bits per heavy atom. The zero-order valence-corrected chi connectivity index (χ0v) is 13.4. The van der Waals surface area contributed by atoms with Crippen LogP contribution in [0.3, 0.4) is 0 Å². The smallest absolute Gasteiger partial charge is 0.332 e. The lowest BCUT2D eigenvalue weighted by Crippen LogP contribution is -2.52. The molecule has 1 fully saturated rings. The number of hydrogen-bond acceptors (Lipinski definition) is 9. The van der Waals surface area contributed by atoms with Crippen molar-refractivity contribution in [3.63, 3.8) is 0 Å². The van der Waals surface area contributed by atoms with Crippen LogP contribution >= 0.6 is 11.3 Å². The van der Waals surface area contributed by atoms with Gasteiger partial charge in [-0.2, -0.15) is 0 Å². The number of hydrogen-bond donors (Lipinski definition) is 1. The Morgan fingerprint density at radius 2 is 2.21 bits per heavy atom. The molecule has 1 N–H and O–H groups in total. The molecule has 126 valence electrons. The molecule has 3 unspecified atom stereocenters. The third-order valence-corrected chi connectivity index (χ3v) is 5.38. The molecule has 4 heterocycles. The van der Waals surface area contributed by atoms with Gasteiger partial charge < -0.3 is 14.9 Å². The molecule has 9 nitrogen and oxygen atoms in total. The summed E-state index contributed by atoms with van der Waals surface area (Å²) in [5, 5.41) is 17.1. The Morgan fingerprint density at radius 3 is 2.92 bits per heavy atom. The average Bonchev–Trinajstić information content (AvgIpc) is 3.12. The number of ether oxygens (including phenoxy) is 1. The molecule has 4 rings (SSSR count). The maximum atomic E-state index is 12.4. The Balaban J connectivity index is 1.86. The van der Waals surface area contributed by atoms with Crippen molar-refractivity contribution in [2.45, 2.75) is 12.1 Å². The van der Waals surface area contributed by atoms with Crippen molar-refractivity contribution in [2.24, 2.45) is 5.92 Å². The number of nitrogens with zero attached hydrogens (tertiary/aromatic N) is 2. The quantitative estimate of drug-likeness (QED) is 0.607. The van der Waals surface area contributed by atoms with Gasteiger partial charge in [0.1, 0.15) is 18.7 Å². The lowest BCUT2D eigenvalue weighted by molar-refractivity contribution is -0.380. The van der Waals surface area contributed by atoms with E-state index >= 15 is 0 Å². The number of rotatable bonds is 2. The highest BCUT2D eigenvalue weighted by Gasteiger charge is 2.53. The molecule has 10 heteroatoms. The summed E-state index contributed by atoms with van der Waals surface area (Å²) in [5.74, 6) is -1.90. The number of hydroxylamine groups is 2. The molecule has 0 aliphatic carbocycles. The van der Waals surface area contributed by atoms with E-state index in [1.165, 1.54) is 11.1 Å². The number of carbonyl (C=O) groups is 2. The molecule has 0 aromatic carbocycles. The van der Waals surface area contributed by atoms with Gasteiger partial charge in [-0.3, -0.25) is 14.9 Å². The van der Waals surface area contributed by atoms with Gasteiger partial charge in [-0.05, 0) is 5.56 Å². The molecule has 0 saturated carbocycles. The van der Waals surface area contributed by atoms with Crippen LogP contribution < -0.4 is 5.32 Å². The minimum atomic E-state index is -0.648. The molecule has 0 bridgehead atoms. The highest BCUT2D eigenvalue weighted by atomic mass is 32.1. The molecule has 0 radical (unpaired) electrons. The highest BCUT2D eigenvalue weighted by Crippen LogP contribution is 2.46. The summed E-state index contributed by atoms with van der Waals surface area (Å²) >= 11 is 0.978.